The maximum absolute atomic E-state index is 12.7. The molecule has 1 aromatic rings. The first kappa shape index (κ1) is 18.2. The number of piperidine rings is 2. The van der Waals surface area contributed by atoms with E-state index >= 15 is 0 Å². The molecule has 2 fully saturated rings. The van der Waals surface area contributed by atoms with Crippen molar-refractivity contribution >= 4 is 11.6 Å². The molecule has 0 aromatic heterocycles. The first-order valence-corrected chi connectivity index (χ1v) is 9.91. The number of amides is 1. The van der Waals surface area contributed by atoms with Crippen LogP contribution in [0.3, 0.4) is 0 Å². The Morgan fingerprint density at radius 2 is 1.96 bits per heavy atom. The molecule has 2 aliphatic rings. The zero-order chi connectivity index (χ0) is 17.6. The highest BCUT2D eigenvalue weighted by Crippen LogP contribution is 2.25. The fraction of sp³-hybridized carbons (Fsp3) is 0.667. The van der Waals surface area contributed by atoms with Crippen LogP contribution in [0.4, 0.5) is 5.69 Å². The number of carbonyl (C=O) groups excluding carboxylic acids is 1. The number of hydrogen-bond donors (Lipinski definition) is 1. The van der Waals surface area contributed by atoms with Crippen molar-refractivity contribution in [2.24, 2.45) is 11.8 Å². The summed E-state index contributed by atoms with van der Waals surface area (Å²) in [5, 5.41) is 3.47. The maximum atomic E-state index is 12.7. The fourth-order valence-corrected chi connectivity index (χ4v) is 4.31. The Labute approximate surface area is 152 Å². The molecule has 0 aliphatic carbocycles. The largest absolute Gasteiger partial charge is 0.371 e. The molecule has 0 bridgehead atoms. The van der Waals surface area contributed by atoms with Gasteiger partial charge < -0.3 is 15.1 Å². The summed E-state index contributed by atoms with van der Waals surface area (Å²) in [7, 11) is 2.18. The summed E-state index contributed by atoms with van der Waals surface area (Å²) in [5.74, 6) is 1.52. The molecule has 1 N–H and O–H groups in total. The van der Waals surface area contributed by atoms with E-state index < -0.39 is 0 Å². The van der Waals surface area contributed by atoms with Crippen LogP contribution in [0.1, 0.15) is 39.0 Å². The van der Waals surface area contributed by atoms with Crippen molar-refractivity contribution in [3.63, 3.8) is 0 Å². The van der Waals surface area contributed by atoms with Gasteiger partial charge in [-0.3, -0.25) is 4.79 Å². The number of rotatable bonds is 5. The fourth-order valence-electron chi connectivity index (χ4n) is 4.31. The Morgan fingerprint density at radius 3 is 2.60 bits per heavy atom. The summed E-state index contributed by atoms with van der Waals surface area (Å²) in [6.07, 6.45) is 5.37. The van der Waals surface area contributed by atoms with E-state index in [1.54, 1.807) is 0 Å². The third-order valence-electron chi connectivity index (χ3n) is 6.16. The first-order chi connectivity index (χ1) is 12.1. The molecule has 2 unspecified atom stereocenters. The van der Waals surface area contributed by atoms with Crippen LogP contribution in [-0.4, -0.2) is 50.1 Å². The minimum Gasteiger partial charge on any atom is -0.371 e. The van der Waals surface area contributed by atoms with E-state index in [-0.39, 0.29) is 0 Å². The quantitative estimate of drug-likeness (QED) is 0.892. The normalized spacial score (nSPS) is 23.3. The van der Waals surface area contributed by atoms with Crippen molar-refractivity contribution < 1.29 is 4.79 Å². The summed E-state index contributed by atoms with van der Waals surface area (Å²) in [6.45, 7) is 6.27. The molecule has 4 heteroatoms. The molecule has 25 heavy (non-hydrogen) atoms. The van der Waals surface area contributed by atoms with Crippen LogP contribution >= 0.6 is 0 Å². The molecule has 0 spiro atoms. The van der Waals surface area contributed by atoms with Gasteiger partial charge in [0.05, 0.1) is 0 Å². The minimum atomic E-state index is 0.360. The van der Waals surface area contributed by atoms with Gasteiger partial charge in [-0.2, -0.15) is 0 Å². The summed E-state index contributed by atoms with van der Waals surface area (Å²) in [5.41, 5.74) is 1.27. The van der Waals surface area contributed by atoms with E-state index in [0.29, 0.717) is 30.2 Å². The second kappa shape index (κ2) is 8.70. The smallest absolute Gasteiger partial charge is 0.222 e. The molecule has 1 amide bonds. The highest BCUT2D eigenvalue weighted by Gasteiger charge is 2.28. The lowest BCUT2D eigenvalue weighted by atomic mass is 9.85. The van der Waals surface area contributed by atoms with Gasteiger partial charge in [0.25, 0.3) is 0 Å². The van der Waals surface area contributed by atoms with Crippen molar-refractivity contribution in [3.05, 3.63) is 30.3 Å². The van der Waals surface area contributed by atoms with Crippen LogP contribution in [0.25, 0.3) is 0 Å². The Balaban J connectivity index is 1.46. The summed E-state index contributed by atoms with van der Waals surface area (Å²) < 4.78 is 0. The number of likely N-dealkylation sites (tertiary alicyclic amines) is 1. The van der Waals surface area contributed by atoms with Crippen molar-refractivity contribution in [2.75, 3.05) is 38.1 Å². The van der Waals surface area contributed by atoms with Gasteiger partial charge >= 0.3 is 0 Å². The van der Waals surface area contributed by atoms with Gasteiger partial charge in [-0.25, -0.2) is 0 Å². The van der Waals surface area contributed by atoms with Gasteiger partial charge in [0.2, 0.25) is 5.91 Å². The second-order valence-electron chi connectivity index (χ2n) is 7.85. The molecular weight excluding hydrogens is 310 g/mol. The molecule has 138 valence electrons. The molecule has 3 rings (SSSR count). The topological polar surface area (TPSA) is 35.6 Å². The van der Waals surface area contributed by atoms with Crippen LogP contribution in [0.15, 0.2) is 30.3 Å². The Hall–Kier alpha value is -1.55. The third-order valence-corrected chi connectivity index (χ3v) is 6.16. The zero-order valence-electron chi connectivity index (χ0n) is 15.8. The summed E-state index contributed by atoms with van der Waals surface area (Å²) in [6, 6.07) is 11.1. The van der Waals surface area contributed by atoms with Gasteiger partial charge in [-0.05, 0) is 62.7 Å². The number of nitrogens with zero attached hydrogens (tertiary/aromatic N) is 2. The van der Waals surface area contributed by atoms with Gasteiger partial charge in [0.1, 0.15) is 0 Å². The average molecular weight is 344 g/mol. The van der Waals surface area contributed by atoms with Crippen LogP contribution in [0.2, 0.25) is 0 Å². The Kier molecular flexibility index (Phi) is 6.35. The highest BCUT2D eigenvalue weighted by atomic mass is 16.2. The standard InChI is InChI=1S/C21H33N3O/c1-17(18-7-6-12-22-16-18)15-21(25)24-13-10-20(11-14-24)23(2)19-8-4-3-5-9-19/h3-5,8-9,17-18,20,22H,6-7,10-16H2,1-2H3. The van der Waals surface area contributed by atoms with E-state index in [2.05, 4.69) is 59.4 Å². The average Bonchev–Trinajstić information content (AvgIpc) is 2.69. The summed E-state index contributed by atoms with van der Waals surface area (Å²) in [4.78, 5) is 17.2. The van der Waals surface area contributed by atoms with Crippen LogP contribution < -0.4 is 10.2 Å². The van der Waals surface area contributed by atoms with Crippen molar-refractivity contribution in [1.82, 2.24) is 10.2 Å². The van der Waals surface area contributed by atoms with E-state index in [4.69, 9.17) is 0 Å². The molecular formula is C21H33N3O. The van der Waals surface area contributed by atoms with E-state index in [9.17, 15) is 4.79 Å². The third kappa shape index (κ3) is 4.75. The second-order valence-corrected chi connectivity index (χ2v) is 7.85. The number of nitrogens with one attached hydrogen (secondary N) is 1. The minimum absolute atomic E-state index is 0.360. The Bertz CT molecular complexity index is 533. The molecule has 1 aromatic carbocycles. The van der Waals surface area contributed by atoms with Crippen molar-refractivity contribution in [1.29, 1.82) is 0 Å². The highest BCUT2D eigenvalue weighted by molar-refractivity contribution is 5.76. The molecule has 0 radical (unpaired) electrons. The van der Waals surface area contributed by atoms with E-state index in [1.165, 1.54) is 18.5 Å². The van der Waals surface area contributed by atoms with Gasteiger partial charge in [-0.1, -0.05) is 25.1 Å². The molecule has 2 heterocycles. The first-order valence-electron chi connectivity index (χ1n) is 9.91. The van der Waals surface area contributed by atoms with E-state index in [0.717, 1.165) is 39.0 Å². The van der Waals surface area contributed by atoms with Crippen LogP contribution in [0.5, 0.6) is 0 Å². The lowest BCUT2D eigenvalue weighted by Crippen LogP contribution is -2.46. The lowest BCUT2D eigenvalue weighted by molar-refractivity contribution is -0.133. The predicted octanol–water partition coefficient (Wildman–Crippen LogP) is 3.14. The predicted molar refractivity (Wildman–Crippen MR) is 104 cm³/mol. The monoisotopic (exact) mass is 343 g/mol. The Morgan fingerprint density at radius 1 is 1.24 bits per heavy atom. The molecule has 2 aliphatic heterocycles. The summed E-state index contributed by atoms with van der Waals surface area (Å²) >= 11 is 0. The van der Waals surface area contributed by atoms with Crippen molar-refractivity contribution in [2.45, 2.75) is 45.1 Å². The van der Waals surface area contributed by atoms with Gasteiger partial charge in [0.15, 0.2) is 0 Å². The SMILES string of the molecule is CC(CC(=O)N1CCC(N(C)c2ccccc2)CC1)C1CCCNC1. The van der Waals surface area contributed by atoms with Crippen molar-refractivity contribution in [3.8, 4) is 0 Å². The molecule has 0 saturated carbocycles. The lowest BCUT2D eigenvalue weighted by Gasteiger charge is -2.38. The van der Waals surface area contributed by atoms with Crippen LogP contribution in [-0.2, 0) is 4.79 Å². The molecule has 2 saturated heterocycles. The van der Waals surface area contributed by atoms with Gasteiger partial charge in [-0.15, -0.1) is 0 Å². The van der Waals surface area contributed by atoms with Crippen LogP contribution in [0, 0.1) is 11.8 Å². The maximum Gasteiger partial charge on any atom is 0.222 e. The number of anilines is 1. The number of benzene rings is 1. The van der Waals surface area contributed by atoms with E-state index in [1.807, 2.05) is 0 Å². The zero-order valence-corrected chi connectivity index (χ0v) is 15.8. The molecule has 4 nitrogen and oxygen atoms in total. The number of para-hydroxylation sites is 1. The molecule has 2 atom stereocenters. The number of hydrogen-bond acceptors (Lipinski definition) is 3. The number of carbonyl (C=O) groups is 1. The van der Waals surface area contributed by atoms with Gasteiger partial charge in [0, 0.05) is 38.3 Å².